The topological polar surface area (TPSA) is 128 Å². The SMILES string of the molecule is O=Cc1c(OCCOCCOCCOCCOCCOCc2ccccc2)c(OCCOCCOCCOCCOCCOCc2ccccc2)cc2ccccc12. The van der Waals surface area contributed by atoms with Crippen molar-refractivity contribution in [1.82, 2.24) is 0 Å². The molecule has 4 aromatic carbocycles. The monoisotopic (exact) mass is 808 g/mol. The molecule has 318 valence electrons. The maximum atomic E-state index is 12.2. The second-order valence-electron chi connectivity index (χ2n) is 12.6. The summed E-state index contributed by atoms with van der Waals surface area (Å²) < 4.78 is 68.0. The Bertz CT molecular complexity index is 1590. The van der Waals surface area contributed by atoms with Gasteiger partial charge in [0.1, 0.15) is 13.2 Å². The molecule has 0 saturated heterocycles. The van der Waals surface area contributed by atoms with Crippen molar-refractivity contribution >= 4 is 17.1 Å². The van der Waals surface area contributed by atoms with Crippen molar-refractivity contribution in [3.8, 4) is 11.5 Å². The van der Waals surface area contributed by atoms with Crippen LogP contribution in [0, 0.1) is 0 Å². The third kappa shape index (κ3) is 20.6. The third-order valence-electron chi connectivity index (χ3n) is 8.28. The van der Waals surface area contributed by atoms with Crippen LogP contribution in [0.2, 0.25) is 0 Å². The fourth-order valence-electron chi connectivity index (χ4n) is 5.40. The summed E-state index contributed by atoms with van der Waals surface area (Å²) in [5, 5.41) is 1.65. The molecule has 0 aliphatic heterocycles. The molecule has 58 heavy (non-hydrogen) atoms. The van der Waals surface area contributed by atoms with Crippen molar-refractivity contribution in [3.63, 3.8) is 0 Å². The van der Waals surface area contributed by atoms with E-state index in [0.29, 0.717) is 149 Å². The molecule has 13 nitrogen and oxygen atoms in total. The Labute approximate surface area is 342 Å². The van der Waals surface area contributed by atoms with E-state index in [-0.39, 0.29) is 13.2 Å². The molecule has 0 atom stereocenters. The summed E-state index contributed by atoms with van der Waals surface area (Å²) in [6, 6.07) is 29.6. The van der Waals surface area contributed by atoms with E-state index in [1.807, 2.05) is 91.0 Å². The summed E-state index contributed by atoms with van der Waals surface area (Å²) in [7, 11) is 0. The van der Waals surface area contributed by atoms with E-state index in [2.05, 4.69) is 0 Å². The first-order valence-electron chi connectivity index (χ1n) is 20.0. The molecule has 4 rings (SSSR count). The average Bonchev–Trinajstić information content (AvgIpc) is 3.26. The van der Waals surface area contributed by atoms with Gasteiger partial charge in [0, 0.05) is 0 Å². The zero-order chi connectivity index (χ0) is 40.4. The molecule has 0 amide bonds. The van der Waals surface area contributed by atoms with Gasteiger partial charge in [-0.15, -0.1) is 0 Å². The Hall–Kier alpha value is -3.99. The number of rotatable bonds is 37. The minimum absolute atomic E-state index is 0.227. The van der Waals surface area contributed by atoms with Crippen molar-refractivity contribution in [2.45, 2.75) is 13.2 Å². The van der Waals surface area contributed by atoms with Gasteiger partial charge in [-0.2, -0.15) is 0 Å². The highest BCUT2D eigenvalue weighted by Gasteiger charge is 2.16. The maximum Gasteiger partial charge on any atom is 0.172 e. The van der Waals surface area contributed by atoms with Gasteiger partial charge in [0.2, 0.25) is 0 Å². The van der Waals surface area contributed by atoms with Gasteiger partial charge in [0.15, 0.2) is 17.8 Å². The Balaban J connectivity index is 0.966. The van der Waals surface area contributed by atoms with Crippen LogP contribution in [0.15, 0.2) is 91.0 Å². The Kier molecular flexibility index (Phi) is 25.7. The van der Waals surface area contributed by atoms with Gasteiger partial charge in [0.25, 0.3) is 0 Å². The zero-order valence-electron chi connectivity index (χ0n) is 33.6. The lowest BCUT2D eigenvalue weighted by Crippen LogP contribution is -2.15. The van der Waals surface area contributed by atoms with Gasteiger partial charge in [-0.3, -0.25) is 4.79 Å². The number of benzene rings is 4. The van der Waals surface area contributed by atoms with Crippen LogP contribution in [0.25, 0.3) is 10.8 Å². The third-order valence-corrected chi connectivity index (χ3v) is 8.28. The lowest BCUT2D eigenvalue weighted by atomic mass is 10.0. The van der Waals surface area contributed by atoms with Crippen LogP contribution >= 0.6 is 0 Å². The molecule has 0 heterocycles. The molecule has 0 aliphatic rings. The summed E-state index contributed by atoms with van der Waals surface area (Å²) in [6.45, 7) is 9.91. The second kappa shape index (κ2) is 31.9. The van der Waals surface area contributed by atoms with E-state index >= 15 is 0 Å². The van der Waals surface area contributed by atoms with Crippen molar-refractivity contribution in [2.75, 3.05) is 132 Å². The molecular weight excluding hydrogens is 748 g/mol. The molecule has 0 unspecified atom stereocenters. The number of aldehydes is 1. The summed E-state index contributed by atoms with van der Waals surface area (Å²) in [5.74, 6) is 0.839. The molecule has 0 radical (unpaired) electrons. The van der Waals surface area contributed by atoms with Crippen LogP contribution in [-0.2, 0) is 60.6 Å². The van der Waals surface area contributed by atoms with E-state index in [0.717, 1.165) is 28.2 Å². The minimum atomic E-state index is 0.227. The molecule has 0 N–H and O–H groups in total. The first-order chi connectivity index (χ1) is 28.8. The highest BCUT2D eigenvalue weighted by molar-refractivity contribution is 6.02. The van der Waals surface area contributed by atoms with Gasteiger partial charge >= 0.3 is 0 Å². The lowest BCUT2D eigenvalue weighted by molar-refractivity contribution is -0.0144. The highest BCUT2D eigenvalue weighted by atomic mass is 16.6. The predicted octanol–water partition coefficient (Wildman–Crippen LogP) is 5.98. The number of carbonyl (C=O) groups excluding carboxylic acids is 1. The maximum absolute atomic E-state index is 12.2. The van der Waals surface area contributed by atoms with Crippen LogP contribution in [0.3, 0.4) is 0 Å². The Morgan fingerprint density at radius 3 is 1.12 bits per heavy atom. The number of hydrogen-bond donors (Lipinski definition) is 0. The number of fused-ring (bicyclic) bond motifs is 1. The van der Waals surface area contributed by atoms with Crippen LogP contribution in [0.1, 0.15) is 21.5 Å². The molecule has 0 aromatic heterocycles. The van der Waals surface area contributed by atoms with E-state index in [4.69, 9.17) is 56.8 Å². The van der Waals surface area contributed by atoms with Gasteiger partial charge in [-0.25, -0.2) is 0 Å². The summed E-state index contributed by atoms with van der Waals surface area (Å²) in [5.41, 5.74) is 2.71. The first kappa shape index (κ1) is 46.7. The summed E-state index contributed by atoms with van der Waals surface area (Å²) in [6.07, 6.45) is 0.795. The number of hydrogen-bond acceptors (Lipinski definition) is 13. The molecule has 0 spiro atoms. The van der Waals surface area contributed by atoms with E-state index in [1.165, 1.54) is 0 Å². The molecular formula is C45H60O13. The fourth-order valence-corrected chi connectivity index (χ4v) is 5.40. The van der Waals surface area contributed by atoms with Crippen molar-refractivity contribution in [3.05, 3.63) is 108 Å². The molecule has 0 fully saturated rings. The Morgan fingerprint density at radius 2 is 0.707 bits per heavy atom. The summed E-state index contributed by atoms with van der Waals surface area (Å²) in [4.78, 5) is 12.2. The highest BCUT2D eigenvalue weighted by Crippen LogP contribution is 2.37. The first-order valence-corrected chi connectivity index (χ1v) is 20.0. The Morgan fingerprint density at radius 1 is 0.362 bits per heavy atom. The van der Waals surface area contributed by atoms with Crippen LogP contribution in [0.5, 0.6) is 11.5 Å². The van der Waals surface area contributed by atoms with Crippen LogP contribution < -0.4 is 9.47 Å². The largest absolute Gasteiger partial charge is 0.487 e. The van der Waals surface area contributed by atoms with Crippen LogP contribution in [-0.4, -0.2) is 138 Å². The quantitative estimate of drug-likeness (QED) is 0.0392. The van der Waals surface area contributed by atoms with E-state index in [9.17, 15) is 4.79 Å². The second-order valence-corrected chi connectivity index (χ2v) is 12.6. The smallest absolute Gasteiger partial charge is 0.172 e. The van der Waals surface area contributed by atoms with Crippen molar-refractivity contribution < 1.29 is 61.6 Å². The molecule has 4 aromatic rings. The van der Waals surface area contributed by atoms with Crippen molar-refractivity contribution in [2.24, 2.45) is 0 Å². The van der Waals surface area contributed by atoms with Crippen molar-refractivity contribution in [1.29, 1.82) is 0 Å². The average molecular weight is 809 g/mol. The van der Waals surface area contributed by atoms with Gasteiger partial charge in [-0.1, -0.05) is 84.9 Å². The van der Waals surface area contributed by atoms with Gasteiger partial charge < -0.3 is 56.8 Å². The normalized spacial score (nSPS) is 11.3. The molecule has 13 heteroatoms. The predicted molar refractivity (Wildman–Crippen MR) is 219 cm³/mol. The number of carbonyl (C=O) groups is 1. The zero-order valence-corrected chi connectivity index (χ0v) is 33.6. The van der Waals surface area contributed by atoms with E-state index in [1.54, 1.807) is 0 Å². The van der Waals surface area contributed by atoms with Gasteiger partial charge in [-0.05, 0) is 28.0 Å². The molecule has 0 saturated carbocycles. The minimum Gasteiger partial charge on any atom is -0.487 e. The number of ether oxygens (including phenoxy) is 12. The summed E-state index contributed by atoms with van der Waals surface area (Å²) >= 11 is 0. The van der Waals surface area contributed by atoms with Gasteiger partial charge in [0.05, 0.1) is 138 Å². The molecule has 0 bridgehead atoms. The fraction of sp³-hybridized carbons (Fsp3) is 0.489. The van der Waals surface area contributed by atoms with Crippen LogP contribution in [0.4, 0.5) is 0 Å². The molecule has 0 aliphatic carbocycles. The lowest BCUT2D eigenvalue weighted by Gasteiger charge is -2.17. The standard InChI is InChI=1S/C45H60O13/c46-36-43-42-14-8-7-13-41(42)35-44(57-33-31-53-25-23-49-17-15-47-19-21-51-27-29-55-37-39-9-3-1-4-10-39)45(43)58-34-32-54-26-24-50-18-16-48-20-22-52-28-30-56-38-40-11-5-2-6-12-40/h1-14,35-36H,15-34,37-38H2. The van der Waals surface area contributed by atoms with E-state index < -0.39 is 0 Å².